The molecular formula is C25H27N3O7. The fourth-order valence-electron chi connectivity index (χ4n) is 3.70. The maximum Gasteiger partial charge on any atom is 0.326 e. The Morgan fingerprint density at radius 2 is 1.83 bits per heavy atom. The van der Waals surface area contributed by atoms with Crippen molar-refractivity contribution in [2.75, 3.05) is 25.7 Å². The first-order chi connectivity index (χ1) is 16.7. The van der Waals surface area contributed by atoms with Crippen molar-refractivity contribution in [1.82, 2.24) is 9.88 Å². The number of nitrogens with zero attached hydrogens (tertiary/aromatic N) is 2. The number of aromatic hydroxyl groups is 1. The molecule has 3 N–H and O–H groups in total. The number of hydrogen-bond acceptors (Lipinski definition) is 6. The van der Waals surface area contributed by atoms with E-state index in [9.17, 15) is 19.5 Å². The average molecular weight is 482 g/mol. The van der Waals surface area contributed by atoms with Crippen LogP contribution in [0.15, 0.2) is 53.5 Å². The minimum Gasteiger partial charge on any atom is -0.505 e. The van der Waals surface area contributed by atoms with Gasteiger partial charge in [-0.25, -0.2) is 4.79 Å². The zero-order valence-corrected chi connectivity index (χ0v) is 19.9. The van der Waals surface area contributed by atoms with E-state index < -0.39 is 17.6 Å². The van der Waals surface area contributed by atoms with Gasteiger partial charge in [0, 0.05) is 30.9 Å². The van der Waals surface area contributed by atoms with Crippen molar-refractivity contribution in [2.24, 2.45) is 7.05 Å². The number of amides is 2. The highest BCUT2D eigenvalue weighted by Crippen LogP contribution is 2.40. The van der Waals surface area contributed by atoms with E-state index in [0.717, 1.165) is 4.90 Å². The summed E-state index contributed by atoms with van der Waals surface area (Å²) in [5.41, 5.74) is 1.14. The van der Waals surface area contributed by atoms with Crippen LogP contribution in [0.3, 0.4) is 0 Å². The minimum absolute atomic E-state index is 0.166. The van der Waals surface area contributed by atoms with Crippen LogP contribution < -0.4 is 25.2 Å². The Bertz CT molecular complexity index is 1320. The third-order valence-electron chi connectivity index (χ3n) is 5.37. The van der Waals surface area contributed by atoms with E-state index in [4.69, 9.17) is 14.6 Å². The first kappa shape index (κ1) is 25.2. The molecular weight excluding hydrogens is 454 g/mol. The molecule has 3 rings (SSSR count). The van der Waals surface area contributed by atoms with Gasteiger partial charge in [0.15, 0.2) is 17.2 Å². The molecule has 0 spiro atoms. The lowest BCUT2D eigenvalue weighted by Crippen LogP contribution is -2.41. The number of carboxylic acids is 1. The largest absolute Gasteiger partial charge is 0.505 e. The Morgan fingerprint density at radius 3 is 2.49 bits per heavy atom. The number of ether oxygens (including phenoxy) is 2. The molecule has 10 nitrogen and oxygen atoms in total. The van der Waals surface area contributed by atoms with Gasteiger partial charge in [0.2, 0.25) is 0 Å². The fourth-order valence-corrected chi connectivity index (χ4v) is 3.70. The van der Waals surface area contributed by atoms with E-state index in [1.54, 1.807) is 43.3 Å². The fraction of sp³-hybridized carbons (Fsp3) is 0.240. The highest BCUT2D eigenvalue weighted by Gasteiger charge is 2.27. The summed E-state index contributed by atoms with van der Waals surface area (Å²) < 4.78 is 12.2. The number of methoxy groups -OCH3 is 2. The van der Waals surface area contributed by atoms with Crippen LogP contribution in [-0.2, 0) is 11.8 Å². The topological polar surface area (TPSA) is 130 Å². The number of rotatable bonds is 8. The molecule has 0 aliphatic carbocycles. The van der Waals surface area contributed by atoms with E-state index in [0.29, 0.717) is 28.2 Å². The molecule has 0 aliphatic rings. The average Bonchev–Trinajstić information content (AvgIpc) is 2.84. The van der Waals surface area contributed by atoms with E-state index in [-0.39, 0.29) is 30.1 Å². The number of carboxylic acid groups (broad SMARTS) is 1. The lowest BCUT2D eigenvalue weighted by atomic mass is 10.0. The zero-order valence-electron chi connectivity index (χ0n) is 19.9. The van der Waals surface area contributed by atoms with Gasteiger partial charge in [0.1, 0.15) is 5.75 Å². The molecule has 0 saturated heterocycles. The Labute approximate surface area is 202 Å². The normalized spacial score (nSPS) is 10.5. The third-order valence-corrected chi connectivity index (χ3v) is 5.37. The van der Waals surface area contributed by atoms with Crippen LogP contribution in [0.5, 0.6) is 17.2 Å². The summed E-state index contributed by atoms with van der Waals surface area (Å²) >= 11 is 0. The molecule has 2 aromatic carbocycles. The van der Waals surface area contributed by atoms with Gasteiger partial charge in [-0.1, -0.05) is 24.3 Å². The monoisotopic (exact) mass is 481 g/mol. The number of benzene rings is 2. The van der Waals surface area contributed by atoms with Crippen LogP contribution in [0.1, 0.15) is 12.0 Å². The summed E-state index contributed by atoms with van der Waals surface area (Å²) in [6, 6.07) is 11.4. The lowest BCUT2D eigenvalue weighted by Gasteiger charge is -2.25. The molecule has 2 amide bonds. The lowest BCUT2D eigenvalue weighted by molar-refractivity contribution is -0.136. The van der Waals surface area contributed by atoms with Crippen molar-refractivity contribution in [3.8, 4) is 28.4 Å². The molecule has 0 bridgehead atoms. The van der Waals surface area contributed by atoms with Crippen molar-refractivity contribution in [3.63, 3.8) is 0 Å². The van der Waals surface area contributed by atoms with Crippen LogP contribution in [0, 0.1) is 6.92 Å². The second-order valence-corrected chi connectivity index (χ2v) is 7.73. The first-order valence-electron chi connectivity index (χ1n) is 10.7. The summed E-state index contributed by atoms with van der Waals surface area (Å²) in [7, 11) is 4.55. The van der Waals surface area contributed by atoms with Gasteiger partial charge in [0.25, 0.3) is 5.56 Å². The predicted molar refractivity (Wildman–Crippen MR) is 131 cm³/mol. The molecule has 0 radical (unpaired) electrons. The van der Waals surface area contributed by atoms with E-state index >= 15 is 0 Å². The molecule has 184 valence electrons. The molecule has 0 aliphatic heterocycles. The van der Waals surface area contributed by atoms with Crippen LogP contribution in [-0.4, -0.2) is 47.5 Å². The summed E-state index contributed by atoms with van der Waals surface area (Å²) in [5, 5.41) is 22.2. The zero-order chi connectivity index (χ0) is 25.7. The standard InChI is InChI=1S/C25H27N3O7/c1-15-14-27(2)24(32)21(22(15)31)28(25(33)26-12-11-20(29)30)17-8-5-7-16(13-17)18-9-6-10-19(34-3)23(18)35-4/h5-10,13-14,31H,11-12H2,1-4H3,(H,26,33)(H,29,30). The molecule has 0 atom stereocenters. The van der Waals surface area contributed by atoms with E-state index in [2.05, 4.69) is 5.32 Å². The molecule has 1 aromatic heterocycles. The van der Waals surface area contributed by atoms with Gasteiger partial charge >= 0.3 is 12.0 Å². The number of aromatic nitrogens is 1. The maximum atomic E-state index is 13.2. The number of hydrogen-bond donors (Lipinski definition) is 3. The molecule has 10 heteroatoms. The Kier molecular flexibility index (Phi) is 7.65. The van der Waals surface area contributed by atoms with Crippen LogP contribution in [0.25, 0.3) is 11.1 Å². The highest BCUT2D eigenvalue weighted by molar-refractivity contribution is 6.01. The number of carbonyl (C=O) groups excluding carboxylic acids is 1. The minimum atomic E-state index is -1.08. The summed E-state index contributed by atoms with van der Waals surface area (Å²) in [6.45, 7) is 1.44. The molecule has 35 heavy (non-hydrogen) atoms. The molecule has 3 aromatic rings. The summed E-state index contributed by atoms with van der Waals surface area (Å²) in [4.78, 5) is 38.2. The van der Waals surface area contributed by atoms with Crippen LogP contribution >= 0.6 is 0 Å². The maximum absolute atomic E-state index is 13.2. The van der Waals surface area contributed by atoms with Crippen molar-refractivity contribution < 1.29 is 29.3 Å². The number of anilines is 2. The second-order valence-electron chi connectivity index (χ2n) is 7.73. The molecule has 0 fully saturated rings. The van der Waals surface area contributed by atoms with Gasteiger partial charge in [-0.05, 0) is 30.7 Å². The quantitative estimate of drug-likeness (QED) is 0.449. The van der Waals surface area contributed by atoms with Gasteiger partial charge < -0.3 is 29.6 Å². The van der Waals surface area contributed by atoms with Crippen molar-refractivity contribution in [2.45, 2.75) is 13.3 Å². The number of carbonyl (C=O) groups is 2. The molecule has 1 heterocycles. The molecule has 0 unspecified atom stereocenters. The van der Waals surface area contributed by atoms with Crippen molar-refractivity contribution in [3.05, 3.63) is 64.6 Å². The van der Waals surface area contributed by atoms with Gasteiger partial charge in [-0.2, -0.15) is 0 Å². The second kappa shape index (κ2) is 10.6. The first-order valence-corrected chi connectivity index (χ1v) is 10.7. The Balaban J connectivity index is 2.19. The van der Waals surface area contributed by atoms with Crippen LogP contribution in [0.2, 0.25) is 0 Å². The number of urea groups is 1. The number of aryl methyl sites for hydroxylation is 2. The summed E-state index contributed by atoms with van der Waals surface area (Å²) in [6.07, 6.45) is 1.15. The smallest absolute Gasteiger partial charge is 0.326 e. The molecule has 0 saturated carbocycles. The van der Waals surface area contributed by atoms with Gasteiger partial charge in [-0.15, -0.1) is 0 Å². The SMILES string of the molecule is COc1cccc(-c2cccc(N(C(=O)NCCC(=O)O)c3c(O)c(C)cn(C)c3=O)c2)c1OC. The Morgan fingerprint density at radius 1 is 1.11 bits per heavy atom. The number of nitrogens with one attached hydrogen (secondary N) is 1. The van der Waals surface area contributed by atoms with Crippen molar-refractivity contribution in [1.29, 1.82) is 0 Å². The highest BCUT2D eigenvalue weighted by atomic mass is 16.5. The summed E-state index contributed by atoms with van der Waals surface area (Å²) in [5.74, 6) is -0.438. The number of pyridine rings is 1. The number of para-hydroxylation sites is 1. The Hall–Kier alpha value is -4.47. The predicted octanol–water partition coefficient (Wildman–Crippen LogP) is 3.41. The van der Waals surface area contributed by atoms with Crippen LogP contribution in [0.4, 0.5) is 16.2 Å². The van der Waals surface area contributed by atoms with E-state index in [1.807, 2.05) is 6.07 Å². The van der Waals surface area contributed by atoms with E-state index in [1.165, 1.54) is 32.0 Å². The third kappa shape index (κ3) is 5.21. The van der Waals surface area contributed by atoms with Gasteiger partial charge in [-0.3, -0.25) is 14.5 Å². The van der Waals surface area contributed by atoms with Gasteiger partial charge in [0.05, 0.1) is 26.3 Å². The number of aliphatic carboxylic acids is 1. The van der Waals surface area contributed by atoms with Crippen molar-refractivity contribution >= 4 is 23.4 Å².